The highest BCUT2D eigenvalue weighted by Gasteiger charge is 2.53. The molecule has 2 N–H and O–H groups in total. The molecule has 0 heterocycles. The maximum Gasteiger partial charge on any atom is 0.166 e. The maximum atomic E-state index is 5.28. The monoisotopic (exact) mass is 256 g/mol. The molecule has 0 aromatic rings. The zero-order valence-electron chi connectivity index (χ0n) is 10.8. The lowest BCUT2D eigenvalue weighted by molar-refractivity contribution is 0.145. The molecule has 2 rings (SSSR count). The molecule has 0 unspecified atom stereocenters. The van der Waals surface area contributed by atoms with Gasteiger partial charge < -0.3 is 15.4 Å². The summed E-state index contributed by atoms with van der Waals surface area (Å²) in [6, 6.07) is 0. The van der Waals surface area contributed by atoms with E-state index in [1.807, 2.05) is 6.92 Å². The lowest BCUT2D eigenvalue weighted by atomic mass is 10.0. The highest BCUT2D eigenvalue weighted by molar-refractivity contribution is 7.80. The van der Waals surface area contributed by atoms with Gasteiger partial charge in [-0.2, -0.15) is 0 Å². The van der Waals surface area contributed by atoms with Crippen LogP contribution in [-0.4, -0.2) is 31.4 Å². The first kappa shape index (κ1) is 13.1. The standard InChI is InChI=1S/C13H24N2OS/c1-2-16-9-3-8-14-12(17)15-10-13(6-7-13)11-4-5-11/h11H,2-10H2,1H3,(H2,14,15,17). The molecule has 3 nitrogen and oxygen atoms in total. The van der Waals surface area contributed by atoms with Gasteiger partial charge in [0, 0.05) is 26.3 Å². The van der Waals surface area contributed by atoms with Gasteiger partial charge >= 0.3 is 0 Å². The molecule has 2 aliphatic rings. The molecule has 0 aromatic carbocycles. The van der Waals surface area contributed by atoms with Crippen LogP contribution >= 0.6 is 12.2 Å². The summed E-state index contributed by atoms with van der Waals surface area (Å²) in [5.41, 5.74) is 0.622. The van der Waals surface area contributed by atoms with Crippen molar-refractivity contribution in [3.8, 4) is 0 Å². The van der Waals surface area contributed by atoms with Crippen LogP contribution in [0.15, 0.2) is 0 Å². The van der Waals surface area contributed by atoms with Crippen molar-refractivity contribution in [2.24, 2.45) is 11.3 Å². The minimum absolute atomic E-state index is 0.622. The predicted molar refractivity (Wildman–Crippen MR) is 74.1 cm³/mol. The molecule has 0 radical (unpaired) electrons. The van der Waals surface area contributed by atoms with Crippen LogP contribution in [0.5, 0.6) is 0 Å². The Kier molecular flexibility index (Phi) is 4.62. The largest absolute Gasteiger partial charge is 0.382 e. The topological polar surface area (TPSA) is 33.3 Å². The van der Waals surface area contributed by atoms with Crippen LogP contribution in [-0.2, 0) is 4.74 Å². The molecule has 0 spiro atoms. The number of rotatable bonds is 8. The van der Waals surface area contributed by atoms with Crippen LogP contribution in [0.1, 0.15) is 39.0 Å². The summed E-state index contributed by atoms with van der Waals surface area (Å²) in [4.78, 5) is 0. The van der Waals surface area contributed by atoms with Gasteiger partial charge in [0.25, 0.3) is 0 Å². The molecule has 98 valence electrons. The van der Waals surface area contributed by atoms with E-state index in [9.17, 15) is 0 Å². The summed E-state index contributed by atoms with van der Waals surface area (Å²) in [5.74, 6) is 0.996. The first-order valence-electron chi connectivity index (χ1n) is 6.86. The third kappa shape index (κ3) is 4.11. The molecule has 0 aromatic heterocycles. The van der Waals surface area contributed by atoms with Gasteiger partial charge in [0.05, 0.1) is 0 Å². The fourth-order valence-corrected chi connectivity index (χ4v) is 2.60. The van der Waals surface area contributed by atoms with Crippen molar-refractivity contribution < 1.29 is 4.74 Å². The molecule has 0 saturated heterocycles. The summed E-state index contributed by atoms with van der Waals surface area (Å²) in [5, 5.41) is 7.43. The van der Waals surface area contributed by atoms with E-state index in [2.05, 4.69) is 10.6 Å². The summed E-state index contributed by atoms with van der Waals surface area (Å²) >= 11 is 5.27. The molecule has 2 saturated carbocycles. The van der Waals surface area contributed by atoms with Gasteiger partial charge in [0.15, 0.2) is 5.11 Å². The van der Waals surface area contributed by atoms with Gasteiger partial charge in [-0.3, -0.25) is 0 Å². The van der Waals surface area contributed by atoms with Gasteiger partial charge in [-0.25, -0.2) is 0 Å². The third-order valence-corrected chi connectivity index (χ3v) is 4.18. The smallest absolute Gasteiger partial charge is 0.166 e. The van der Waals surface area contributed by atoms with E-state index >= 15 is 0 Å². The molecular weight excluding hydrogens is 232 g/mol. The minimum Gasteiger partial charge on any atom is -0.382 e. The second-order valence-electron chi connectivity index (χ2n) is 5.30. The fraction of sp³-hybridized carbons (Fsp3) is 0.923. The van der Waals surface area contributed by atoms with Crippen LogP contribution < -0.4 is 10.6 Å². The van der Waals surface area contributed by atoms with Crippen LogP contribution in [0.3, 0.4) is 0 Å². The van der Waals surface area contributed by atoms with Crippen molar-refractivity contribution in [2.75, 3.05) is 26.3 Å². The summed E-state index contributed by atoms with van der Waals surface area (Å²) in [6.45, 7) is 5.62. The number of hydrogen-bond acceptors (Lipinski definition) is 2. The van der Waals surface area contributed by atoms with Gasteiger partial charge in [-0.15, -0.1) is 0 Å². The van der Waals surface area contributed by atoms with Crippen LogP contribution in [0.2, 0.25) is 0 Å². The average Bonchev–Trinajstić information content (AvgIpc) is 3.16. The van der Waals surface area contributed by atoms with E-state index in [-0.39, 0.29) is 0 Å². The summed E-state index contributed by atoms with van der Waals surface area (Å²) < 4.78 is 5.28. The maximum absolute atomic E-state index is 5.28. The van der Waals surface area contributed by atoms with E-state index in [0.29, 0.717) is 5.41 Å². The van der Waals surface area contributed by atoms with Crippen LogP contribution in [0.25, 0.3) is 0 Å². The van der Waals surface area contributed by atoms with Gasteiger partial charge in [-0.1, -0.05) is 0 Å². The van der Waals surface area contributed by atoms with E-state index in [1.54, 1.807) is 0 Å². The Hall–Kier alpha value is -0.350. The molecule has 2 aliphatic carbocycles. The first-order chi connectivity index (χ1) is 8.27. The van der Waals surface area contributed by atoms with Crippen molar-refractivity contribution in [1.29, 1.82) is 0 Å². The number of ether oxygens (including phenoxy) is 1. The Morgan fingerprint density at radius 3 is 2.71 bits per heavy atom. The number of nitrogens with one attached hydrogen (secondary N) is 2. The van der Waals surface area contributed by atoms with E-state index < -0.39 is 0 Å². The van der Waals surface area contributed by atoms with Crippen molar-refractivity contribution in [1.82, 2.24) is 10.6 Å². The Balaban J connectivity index is 1.49. The van der Waals surface area contributed by atoms with Gasteiger partial charge in [0.1, 0.15) is 0 Å². The molecule has 0 bridgehead atoms. The van der Waals surface area contributed by atoms with Crippen LogP contribution in [0, 0.1) is 11.3 Å². The predicted octanol–water partition coefficient (Wildman–Crippen LogP) is 2.07. The Morgan fingerprint density at radius 2 is 2.12 bits per heavy atom. The summed E-state index contributed by atoms with van der Waals surface area (Å²) in [7, 11) is 0. The Morgan fingerprint density at radius 1 is 1.35 bits per heavy atom. The SMILES string of the molecule is CCOCCCNC(=S)NCC1(C2CC2)CC1. The lowest BCUT2D eigenvalue weighted by Gasteiger charge is -2.17. The Bertz CT molecular complexity index is 262. The molecule has 0 amide bonds. The highest BCUT2D eigenvalue weighted by atomic mass is 32.1. The zero-order chi connectivity index (χ0) is 12.1. The third-order valence-electron chi connectivity index (χ3n) is 3.89. The van der Waals surface area contributed by atoms with Crippen molar-refractivity contribution in [2.45, 2.75) is 39.0 Å². The number of thiocarbonyl (C=S) groups is 1. The molecule has 0 atom stereocenters. The van der Waals surface area contributed by atoms with Crippen molar-refractivity contribution in [3.63, 3.8) is 0 Å². The van der Waals surface area contributed by atoms with E-state index in [0.717, 1.165) is 43.8 Å². The molecule has 4 heteroatoms. The second kappa shape index (κ2) is 6.01. The van der Waals surface area contributed by atoms with Gasteiger partial charge in [-0.05, 0) is 62.6 Å². The van der Waals surface area contributed by atoms with Crippen LogP contribution in [0.4, 0.5) is 0 Å². The van der Waals surface area contributed by atoms with Crippen molar-refractivity contribution >= 4 is 17.3 Å². The first-order valence-corrected chi connectivity index (χ1v) is 7.27. The van der Waals surface area contributed by atoms with E-state index in [4.69, 9.17) is 17.0 Å². The molecule has 2 fully saturated rings. The highest BCUT2D eigenvalue weighted by Crippen LogP contribution is 2.60. The summed E-state index contributed by atoms with van der Waals surface area (Å²) in [6.07, 6.45) is 6.70. The minimum atomic E-state index is 0.622. The van der Waals surface area contributed by atoms with Gasteiger partial charge in [0.2, 0.25) is 0 Å². The molecule has 17 heavy (non-hydrogen) atoms. The fourth-order valence-electron chi connectivity index (χ4n) is 2.42. The number of hydrogen-bond donors (Lipinski definition) is 2. The quantitative estimate of drug-likeness (QED) is 0.514. The zero-order valence-corrected chi connectivity index (χ0v) is 11.6. The lowest BCUT2D eigenvalue weighted by Crippen LogP contribution is -2.39. The second-order valence-corrected chi connectivity index (χ2v) is 5.70. The molecule has 0 aliphatic heterocycles. The molecular formula is C13H24N2OS. The van der Waals surface area contributed by atoms with Crippen molar-refractivity contribution in [3.05, 3.63) is 0 Å². The van der Waals surface area contributed by atoms with E-state index in [1.165, 1.54) is 25.7 Å². The Labute approximate surface area is 110 Å². The normalized spacial score (nSPS) is 21.0. The average molecular weight is 256 g/mol.